The van der Waals surface area contributed by atoms with Crippen LogP contribution in [0.3, 0.4) is 0 Å². The number of benzene rings is 1. The molecule has 1 heterocycles. The van der Waals surface area contributed by atoms with Gasteiger partial charge in [-0.25, -0.2) is 0 Å². The highest BCUT2D eigenvalue weighted by molar-refractivity contribution is 5.81. The molecule has 0 aromatic heterocycles. The van der Waals surface area contributed by atoms with Crippen molar-refractivity contribution in [3.8, 4) is 5.75 Å². The Hall–Kier alpha value is -1.55. The van der Waals surface area contributed by atoms with Crippen LogP contribution in [0.2, 0.25) is 0 Å². The highest BCUT2D eigenvalue weighted by Gasteiger charge is 2.25. The number of methoxy groups -OCH3 is 1. The number of nitrogens with zero attached hydrogens (tertiary/aromatic N) is 1. The molecule has 0 radical (unpaired) electrons. The number of likely N-dealkylation sites (tertiary alicyclic amines) is 1. The van der Waals surface area contributed by atoms with E-state index in [2.05, 4.69) is 22.3 Å². The maximum Gasteiger partial charge on any atom is 0.225 e. The molecule has 1 unspecified atom stereocenters. The molecule has 0 saturated carbocycles. The Morgan fingerprint density at radius 3 is 2.21 bits per heavy atom. The zero-order valence-electron chi connectivity index (χ0n) is 15.6. The third-order valence-corrected chi connectivity index (χ3v) is 4.72. The van der Waals surface area contributed by atoms with Gasteiger partial charge in [0, 0.05) is 12.0 Å². The first-order chi connectivity index (χ1) is 11.4. The zero-order chi connectivity index (χ0) is 17.6. The zero-order valence-corrected chi connectivity index (χ0v) is 15.6. The molecule has 1 N–H and O–H groups in total. The van der Waals surface area contributed by atoms with Gasteiger partial charge in [0.15, 0.2) is 0 Å². The molecule has 2 rings (SSSR count). The van der Waals surface area contributed by atoms with Crippen molar-refractivity contribution >= 4 is 5.91 Å². The second-order valence-corrected chi connectivity index (χ2v) is 7.70. The normalized spacial score (nSPS) is 17.8. The van der Waals surface area contributed by atoms with Crippen molar-refractivity contribution in [2.24, 2.45) is 5.41 Å². The van der Waals surface area contributed by atoms with Crippen LogP contribution in [-0.4, -0.2) is 37.6 Å². The third-order valence-electron chi connectivity index (χ3n) is 4.72. The molecular weight excluding hydrogens is 300 g/mol. The maximum atomic E-state index is 12.3. The number of hydrogen-bond acceptors (Lipinski definition) is 3. The van der Waals surface area contributed by atoms with Gasteiger partial charge in [0.2, 0.25) is 5.91 Å². The molecule has 4 nitrogen and oxygen atoms in total. The van der Waals surface area contributed by atoms with E-state index in [-0.39, 0.29) is 17.4 Å². The van der Waals surface area contributed by atoms with Crippen molar-refractivity contribution in [1.29, 1.82) is 0 Å². The average molecular weight is 332 g/mol. The summed E-state index contributed by atoms with van der Waals surface area (Å²) in [5.41, 5.74) is 0.885. The van der Waals surface area contributed by atoms with Crippen LogP contribution in [0.1, 0.15) is 58.1 Å². The van der Waals surface area contributed by atoms with Gasteiger partial charge in [0.1, 0.15) is 5.75 Å². The Morgan fingerprint density at radius 2 is 1.71 bits per heavy atom. The number of ether oxygens (including phenoxy) is 1. The molecule has 1 aromatic rings. The molecule has 1 saturated heterocycles. The average Bonchev–Trinajstić information content (AvgIpc) is 2.84. The summed E-state index contributed by atoms with van der Waals surface area (Å²) in [6.07, 6.45) is 5.08. The van der Waals surface area contributed by atoms with Gasteiger partial charge < -0.3 is 10.1 Å². The highest BCUT2D eigenvalue weighted by atomic mass is 16.5. The fourth-order valence-corrected chi connectivity index (χ4v) is 3.15. The summed E-state index contributed by atoms with van der Waals surface area (Å²) in [5.74, 6) is 0.975. The number of carbonyl (C=O) groups is 1. The molecule has 0 bridgehead atoms. The summed E-state index contributed by atoms with van der Waals surface area (Å²) in [7, 11) is 1.69. The minimum Gasteiger partial charge on any atom is -0.497 e. The lowest BCUT2D eigenvalue weighted by molar-refractivity contribution is -0.128. The first-order valence-electron chi connectivity index (χ1n) is 9.08. The SMILES string of the molecule is COc1ccc(C(CNC(=O)C(C)(C)C)N2CCCCCC2)cc1. The van der Waals surface area contributed by atoms with Crippen molar-refractivity contribution in [2.45, 2.75) is 52.5 Å². The molecule has 4 heteroatoms. The molecule has 0 aliphatic carbocycles. The maximum absolute atomic E-state index is 12.3. The Balaban J connectivity index is 2.14. The lowest BCUT2D eigenvalue weighted by Crippen LogP contribution is -2.42. The Kier molecular flexibility index (Phi) is 6.67. The summed E-state index contributed by atoms with van der Waals surface area (Å²) < 4.78 is 5.27. The predicted molar refractivity (Wildman–Crippen MR) is 98.2 cm³/mol. The van der Waals surface area contributed by atoms with E-state index in [0.717, 1.165) is 18.8 Å². The minimum atomic E-state index is -0.358. The van der Waals surface area contributed by atoms with Gasteiger partial charge in [-0.15, -0.1) is 0 Å². The largest absolute Gasteiger partial charge is 0.497 e. The summed E-state index contributed by atoms with van der Waals surface area (Å²) in [6.45, 7) is 8.72. The van der Waals surface area contributed by atoms with Crippen molar-refractivity contribution in [3.63, 3.8) is 0 Å². The van der Waals surface area contributed by atoms with Gasteiger partial charge in [-0.1, -0.05) is 45.7 Å². The second kappa shape index (κ2) is 8.52. The van der Waals surface area contributed by atoms with Gasteiger partial charge in [-0.2, -0.15) is 0 Å². The molecule has 1 amide bonds. The minimum absolute atomic E-state index is 0.107. The third kappa shape index (κ3) is 5.23. The van der Waals surface area contributed by atoms with Crippen molar-refractivity contribution in [2.75, 3.05) is 26.7 Å². The summed E-state index contributed by atoms with van der Waals surface area (Å²) in [4.78, 5) is 14.8. The van der Waals surface area contributed by atoms with E-state index >= 15 is 0 Å². The smallest absolute Gasteiger partial charge is 0.225 e. The van der Waals surface area contributed by atoms with Gasteiger partial charge >= 0.3 is 0 Å². The van der Waals surface area contributed by atoms with Crippen LogP contribution >= 0.6 is 0 Å². The molecule has 0 spiro atoms. The van der Waals surface area contributed by atoms with Crippen LogP contribution in [0.25, 0.3) is 0 Å². The first kappa shape index (κ1) is 18.8. The van der Waals surface area contributed by atoms with Crippen molar-refractivity contribution in [1.82, 2.24) is 10.2 Å². The van der Waals surface area contributed by atoms with E-state index in [0.29, 0.717) is 6.54 Å². The quantitative estimate of drug-likeness (QED) is 0.892. The van der Waals surface area contributed by atoms with E-state index in [4.69, 9.17) is 4.74 Å². The van der Waals surface area contributed by atoms with Crippen molar-refractivity contribution < 1.29 is 9.53 Å². The van der Waals surface area contributed by atoms with Crippen LogP contribution in [0, 0.1) is 5.41 Å². The number of nitrogens with one attached hydrogen (secondary N) is 1. The number of hydrogen-bond donors (Lipinski definition) is 1. The number of rotatable bonds is 5. The fourth-order valence-electron chi connectivity index (χ4n) is 3.15. The van der Waals surface area contributed by atoms with Crippen molar-refractivity contribution in [3.05, 3.63) is 29.8 Å². The molecule has 1 aliphatic rings. The topological polar surface area (TPSA) is 41.6 Å². The van der Waals surface area contributed by atoms with E-state index in [9.17, 15) is 4.79 Å². The number of amides is 1. The lowest BCUT2D eigenvalue weighted by Gasteiger charge is -2.32. The van der Waals surface area contributed by atoms with E-state index in [1.165, 1.54) is 31.2 Å². The monoisotopic (exact) mass is 332 g/mol. The van der Waals surface area contributed by atoms with Gasteiger partial charge in [-0.3, -0.25) is 9.69 Å². The predicted octanol–water partition coefficient (Wildman–Crippen LogP) is 3.77. The molecule has 134 valence electrons. The van der Waals surface area contributed by atoms with Crippen LogP contribution in [0.4, 0.5) is 0 Å². The lowest BCUT2D eigenvalue weighted by atomic mass is 9.95. The Bertz CT molecular complexity index is 511. The Morgan fingerprint density at radius 1 is 1.12 bits per heavy atom. The van der Waals surface area contributed by atoms with Gasteiger partial charge in [0.05, 0.1) is 13.2 Å². The molecule has 1 aromatic carbocycles. The summed E-state index contributed by atoms with van der Waals surface area (Å²) in [6, 6.07) is 8.48. The molecule has 1 aliphatic heterocycles. The number of carbonyl (C=O) groups excluding carboxylic acids is 1. The highest BCUT2D eigenvalue weighted by Crippen LogP contribution is 2.26. The van der Waals surface area contributed by atoms with Crippen LogP contribution in [-0.2, 0) is 4.79 Å². The summed E-state index contributed by atoms with van der Waals surface area (Å²) in [5, 5.41) is 3.16. The van der Waals surface area contributed by atoms with Crippen LogP contribution in [0.5, 0.6) is 5.75 Å². The van der Waals surface area contributed by atoms with E-state index in [1.54, 1.807) is 7.11 Å². The Labute approximate surface area is 146 Å². The molecule has 1 atom stereocenters. The first-order valence-corrected chi connectivity index (χ1v) is 9.08. The second-order valence-electron chi connectivity index (χ2n) is 7.70. The van der Waals surface area contributed by atoms with Crippen LogP contribution < -0.4 is 10.1 Å². The summed E-state index contributed by atoms with van der Waals surface area (Å²) >= 11 is 0. The molecule has 1 fully saturated rings. The fraction of sp³-hybridized carbons (Fsp3) is 0.650. The standard InChI is InChI=1S/C20H32N2O2/c1-20(2,3)19(23)21-15-18(22-13-7-5-6-8-14-22)16-9-11-17(24-4)12-10-16/h9-12,18H,5-8,13-15H2,1-4H3,(H,21,23). The van der Waals surface area contributed by atoms with Crippen LogP contribution in [0.15, 0.2) is 24.3 Å². The van der Waals surface area contributed by atoms with Gasteiger partial charge in [0.25, 0.3) is 0 Å². The van der Waals surface area contributed by atoms with Gasteiger partial charge in [-0.05, 0) is 43.6 Å². The molecule has 24 heavy (non-hydrogen) atoms. The van der Waals surface area contributed by atoms with E-state index in [1.807, 2.05) is 32.9 Å². The van der Waals surface area contributed by atoms with E-state index < -0.39 is 0 Å². The molecular formula is C20H32N2O2.